The molecule has 0 spiro atoms. The molecule has 0 aromatic heterocycles. The van der Waals surface area contributed by atoms with Gasteiger partial charge in [-0.2, -0.15) is 0 Å². The predicted octanol–water partition coefficient (Wildman–Crippen LogP) is 2.47. The van der Waals surface area contributed by atoms with Crippen LogP contribution in [0.4, 0.5) is 0 Å². The van der Waals surface area contributed by atoms with Gasteiger partial charge in [0.2, 0.25) is 11.8 Å². The van der Waals surface area contributed by atoms with Crippen molar-refractivity contribution in [2.75, 3.05) is 0 Å². The van der Waals surface area contributed by atoms with Gasteiger partial charge >= 0.3 is 0 Å². The summed E-state index contributed by atoms with van der Waals surface area (Å²) in [5, 5.41) is 2.89. The lowest BCUT2D eigenvalue weighted by molar-refractivity contribution is -0.153. The lowest BCUT2D eigenvalue weighted by Crippen LogP contribution is -2.65. The van der Waals surface area contributed by atoms with Crippen molar-refractivity contribution in [3.05, 3.63) is 0 Å². The number of amides is 2. The lowest BCUT2D eigenvalue weighted by Gasteiger charge is -2.44. The fourth-order valence-corrected chi connectivity index (χ4v) is 3.67. The van der Waals surface area contributed by atoms with Crippen LogP contribution in [0.5, 0.6) is 0 Å². The zero-order valence-electron chi connectivity index (χ0n) is 13.0. The number of carbonyl (C=O) groups is 2. The molecule has 2 rings (SSSR count). The summed E-state index contributed by atoms with van der Waals surface area (Å²) in [5.74, 6) is 0.647. The van der Waals surface area contributed by atoms with Crippen LogP contribution in [0, 0.1) is 5.92 Å². The topological polar surface area (TPSA) is 49.4 Å². The van der Waals surface area contributed by atoms with E-state index in [1.54, 1.807) is 0 Å². The summed E-state index contributed by atoms with van der Waals surface area (Å²) < 4.78 is 0. The number of hydrogen-bond donors (Lipinski definition) is 1. The largest absolute Gasteiger partial charge is 0.343 e. The van der Waals surface area contributed by atoms with Crippen molar-refractivity contribution in [2.24, 2.45) is 5.92 Å². The summed E-state index contributed by atoms with van der Waals surface area (Å²) in [5.41, 5.74) is 0. The van der Waals surface area contributed by atoms with Crippen LogP contribution in [0.25, 0.3) is 0 Å². The van der Waals surface area contributed by atoms with Crippen molar-refractivity contribution in [3.8, 4) is 0 Å². The van der Waals surface area contributed by atoms with E-state index < -0.39 is 0 Å². The van der Waals surface area contributed by atoms with Crippen LogP contribution in [0.2, 0.25) is 0 Å². The second-order valence-corrected chi connectivity index (χ2v) is 6.45. The smallest absolute Gasteiger partial charge is 0.246 e. The highest BCUT2D eigenvalue weighted by Crippen LogP contribution is 2.30. The molecule has 4 heteroatoms. The molecule has 1 N–H and O–H groups in total. The normalized spacial score (nSPS) is 35.6. The maximum atomic E-state index is 12.7. The van der Waals surface area contributed by atoms with Gasteiger partial charge in [0.15, 0.2) is 0 Å². The molecule has 1 saturated heterocycles. The Hall–Kier alpha value is -1.06. The van der Waals surface area contributed by atoms with Crippen molar-refractivity contribution >= 4 is 11.8 Å². The number of hydrogen-bond acceptors (Lipinski definition) is 2. The molecule has 0 aromatic rings. The van der Waals surface area contributed by atoms with Gasteiger partial charge in [-0.15, -0.1) is 0 Å². The molecule has 0 radical (unpaired) electrons. The van der Waals surface area contributed by atoms with Crippen molar-refractivity contribution < 1.29 is 9.59 Å². The van der Waals surface area contributed by atoms with Gasteiger partial charge in [0.05, 0.1) is 0 Å². The Morgan fingerprint density at radius 3 is 2.55 bits per heavy atom. The van der Waals surface area contributed by atoms with Crippen LogP contribution in [0.1, 0.15) is 65.7 Å². The third-order valence-corrected chi connectivity index (χ3v) is 4.92. The second kappa shape index (κ2) is 6.59. The molecule has 2 amide bonds. The average molecular weight is 280 g/mol. The summed E-state index contributed by atoms with van der Waals surface area (Å²) in [6.45, 7) is 6.15. The van der Waals surface area contributed by atoms with Gasteiger partial charge in [0, 0.05) is 6.04 Å². The van der Waals surface area contributed by atoms with Crippen LogP contribution >= 0.6 is 0 Å². The molecule has 2 aliphatic rings. The Morgan fingerprint density at radius 1 is 1.15 bits per heavy atom. The Labute approximate surface area is 122 Å². The third-order valence-electron chi connectivity index (χ3n) is 4.92. The average Bonchev–Trinajstić information content (AvgIpc) is 2.62. The maximum Gasteiger partial charge on any atom is 0.246 e. The molecular weight excluding hydrogens is 252 g/mol. The number of nitrogens with one attached hydrogen (secondary N) is 1. The Morgan fingerprint density at radius 2 is 1.85 bits per heavy atom. The molecule has 1 heterocycles. The Bertz CT molecular complexity index is 369. The molecule has 1 saturated carbocycles. The summed E-state index contributed by atoms with van der Waals surface area (Å²) in [6, 6.07) is -0.384. The zero-order valence-corrected chi connectivity index (χ0v) is 13.0. The molecule has 4 nitrogen and oxygen atoms in total. The van der Waals surface area contributed by atoms with Gasteiger partial charge in [-0.3, -0.25) is 9.59 Å². The number of piperazine rings is 1. The van der Waals surface area contributed by atoms with Crippen LogP contribution in [0.3, 0.4) is 0 Å². The molecule has 1 aliphatic carbocycles. The van der Waals surface area contributed by atoms with E-state index in [4.69, 9.17) is 0 Å². The summed E-state index contributed by atoms with van der Waals surface area (Å²) in [6.07, 6.45) is 7.55. The highest BCUT2D eigenvalue weighted by atomic mass is 16.2. The first-order valence-electron chi connectivity index (χ1n) is 8.18. The van der Waals surface area contributed by atoms with E-state index in [1.165, 1.54) is 25.7 Å². The van der Waals surface area contributed by atoms with Crippen LogP contribution in [-0.4, -0.2) is 34.8 Å². The minimum Gasteiger partial charge on any atom is -0.343 e. The fourth-order valence-electron chi connectivity index (χ4n) is 3.67. The number of carbonyl (C=O) groups excluding carboxylic acids is 2. The van der Waals surface area contributed by atoms with Crippen molar-refractivity contribution in [3.63, 3.8) is 0 Å². The van der Waals surface area contributed by atoms with E-state index in [1.807, 2.05) is 11.8 Å². The minimum atomic E-state index is -0.318. The fraction of sp³-hybridized carbons (Fsp3) is 0.875. The SMILES string of the molecule is CCCC1NC(=O)C(C)N(C2CCCCCC2C)C1=O. The highest BCUT2D eigenvalue weighted by Gasteiger charge is 2.42. The van der Waals surface area contributed by atoms with E-state index in [2.05, 4.69) is 19.2 Å². The first kappa shape index (κ1) is 15.3. The standard InChI is InChI=1S/C16H28N2O2/c1-4-8-13-16(20)18(12(3)15(19)17-13)14-10-7-5-6-9-11(14)2/h11-14H,4-10H2,1-3H3,(H,17,19). The van der Waals surface area contributed by atoms with Crippen LogP contribution in [-0.2, 0) is 9.59 Å². The maximum absolute atomic E-state index is 12.7. The first-order chi connectivity index (χ1) is 9.56. The quantitative estimate of drug-likeness (QED) is 0.807. The molecule has 114 valence electrons. The summed E-state index contributed by atoms with van der Waals surface area (Å²) in [4.78, 5) is 26.8. The number of rotatable bonds is 3. The molecule has 4 atom stereocenters. The van der Waals surface area contributed by atoms with Crippen molar-refractivity contribution in [1.29, 1.82) is 0 Å². The van der Waals surface area contributed by atoms with Crippen molar-refractivity contribution in [1.82, 2.24) is 10.2 Å². The zero-order chi connectivity index (χ0) is 14.7. The van der Waals surface area contributed by atoms with Crippen LogP contribution < -0.4 is 5.32 Å². The summed E-state index contributed by atoms with van der Waals surface area (Å²) >= 11 is 0. The van der Waals surface area contributed by atoms with Gasteiger partial charge in [-0.1, -0.05) is 39.5 Å². The second-order valence-electron chi connectivity index (χ2n) is 6.45. The van der Waals surface area contributed by atoms with E-state index in [0.29, 0.717) is 5.92 Å². The summed E-state index contributed by atoms with van der Waals surface area (Å²) in [7, 11) is 0. The van der Waals surface area contributed by atoms with E-state index in [-0.39, 0.29) is 29.9 Å². The lowest BCUT2D eigenvalue weighted by atomic mass is 9.91. The number of nitrogens with zero attached hydrogens (tertiary/aromatic N) is 1. The first-order valence-corrected chi connectivity index (χ1v) is 8.18. The predicted molar refractivity (Wildman–Crippen MR) is 79.2 cm³/mol. The minimum absolute atomic E-state index is 0.0134. The molecule has 1 aliphatic heterocycles. The van der Waals surface area contributed by atoms with E-state index in [9.17, 15) is 9.59 Å². The molecule has 20 heavy (non-hydrogen) atoms. The molecular formula is C16H28N2O2. The van der Waals surface area contributed by atoms with Crippen molar-refractivity contribution in [2.45, 2.75) is 83.8 Å². The van der Waals surface area contributed by atoms with Gasteiger partial charge in [0.1, 0.15) is 12.1 Å². The molecule has 0 bridgehead atoms. The van der Waals surface area contributed by atoms with Crippen LogP contribution in [0.15, 0.2) is 0 Å². The Kier molecular flexibility index (Phi) is 5.06. The molecule has 0 aromatic carbocycles. The highest BCUT2D eigenvalue weighted by molar-refractivity contribution is 5.96. The molecule has 2 fully saturated rings. The van der Waals surface area contributed by atoms with Gasteiger partial charge in [-0.05, 0) is 32.1 Å². The monoisotopic (exact) mass is 280 g/mol. The van der Waals surface area contributed by atoms with Gasteiger partial charge < -0.3 is 10.2 Å². The van der Waals surface area contributed by atoms with E-state index >= 15 is 0 Å². The Balaban J connectivity index is 2.20. The molecule has 4 unspecified atom stereocenters. The van der Waals surface area contributed by atoms with Gasteiger partial charge in [0.25, 0.3) is 0 Å². The van der Waals surface area contributed by atoms with Gasteiger partial charge in [-0.25, -0.2) is 0 Å². The third kappa shape index (κ3) is 2.99. The van der Waals surface area contributed by atoms with E-state index in [0.717, 1.165) is 19.3 Å².